The lowest BCUT2D eigenvalue weighted by atomic mass is 10.1. The molecule has 0 saturated carbocycles. The van der Waals surface area contributed by atoms with Gasteiger partial charge in [0, 0.05) is 17.3 Å². The average molecular weight is 293 g/mol. The molecule has 104 valence electrons. The topological polar surface area (TPSA) is 90.1 Å². The standard InChI is InChI=1S/C13H13ClN4O2/c1-2-20-10-6-8(5-9(15)7-10)13(19)16-12-4-3-11(14)17-18-12/h3-7H,2,15H2,1H3,(H,16,18,19). The van der Waals surface area contributed by atoms with Crippen molar-refractivity contribution in [1.29, 1.82) is 0 Å². The summed E-state index contributed by atoms with van der Waals surface area (Å²) >= 11 is 5.62. The lowest BCUT2D eigenvalue weighted by molar-refractivity contribution is 0.102. The van der Waals surface area contributed by atoms with E-state index in [1.165, 1.54) is 6.07 Å². The summed E-state index contributed by atoms with van der Waals surface area (Å²) in [4.78, 5) is 12.1. The number of carbonyl (C=O) groups is 1. The number of aromatic nitrogens is 2. The zero-order valence-corrected chi connectivity index (χ0v) is 11.5. The molecule has 1 amide bonds. The van der Waals surface area contributed by atoms with Crippen LogP contribution in [-0.2, 0) is 0 Å². The molecule has 1 aromatic heterocycles. The molecule has 0 bridgehead atoms. The molecule has 0 atom stereocenters. The SMILES string of the molecule is CCOc1cc(N)cc(C(=O)Nc2ccc(Cl)nn2)c1. The summed E-state index contributed by atoms with van der Waals surface area (Å²) in [6.07, 6.45) is 0. The van der Waals surface area contributed by atoms with Crippen molar-refractivity contribution in [1.82, 2.24) is 10.2 Å². The lowest BCUT2D eigenvalue weighted by Crippen LogP contribution is -2.14. The molecule has 0 unspecified atom stereocenters. The second kappa shape index (κ2) is 6.21. The van der Waals surface area contributed by atoms with Gasteiger partial charge in [0.05, 0.1) is 6.61 Å². The second-order valence-electron chi connectivity index (χ2n) is 3.92. The highest BCUT2D eigenvalue weighted by Crippen LogP contribution is 2.19. The summed E-state index contributed by atoms with van der Waals surface area (Å²) in [6, 6.07) is 7.92. The van der Waals surface area contributed by atoms with Crippen LogP contribution in [0.25, 0.3) is 0 Å². The number of carbonyl (C=O) groups excluding carboxylic acids is 1. The predicted octanol–water partition coefficient (Wildman–Crippen LogP) is 2.36. The molecule has 0 aliphatic heterocycles. The molecule has 0 aliphatic rings. The van der Waals surface area contributed by atoms with Gasteiger partial charge in [-0.1, -0.05) is 11.6 Å². The van der Waals surface area contributed by atoms with Gasteiger partial charge < -0.3 is 15.8 Å². The Kier molecular flexibility index (Phi) is 4.37. The maximum absolute atomic E-state index is 12.1. The minimum atomic E-state index is -0.352. The molecule has 2 aromatic rings. The van der Waals surface area contributed by atoms with Crippen LogP contribution in [0, 0.1) is 0 Å². The van der Waals surface area contributed by atoms with Crippen LogP contribution in [0.15, 0.2) is 30.3 Å². The van der Waals surface area contributed by atoms with Gasteiger partial charge in [-0.2, -0.15) is 0 Å². The van der Waals surface area contributed by atoms with E-state index < -0.39 is 0 Å². The fourth-order valence-electron chi connectivity index (χ4n) is 1.57. The van der Waals surface area contributed by atoms with Crippen molar-refractivity contribution >= 4 is 29.0 Å². The Morgan fingerprint density at radius 3 is 2.80 bits per heavy atom. The van der Waals surface area contributed by atoms with Gasteiger partial charge in [0.1, 0.15) is 5.75 Å². The summed E-state index contributed by atoms with van der Waals surface area (Å²) in [5.74, 6) is 0.495. The van der Waals surface area contributed by atoms with Gasteiger partial charge in [0.15, 0.2) is 11.0 Å². The molecule has 0 spiro atoms. The summed E-state index contributed by atoms with van der Waals surface area (Å²) in [5.41, 5.74) is 6.56. The highest BCUT2D eigenvalue weighted by Gasteiger charge is 2.10. The number of rotatable bonds is 4. The average Bonchev–Trinajstić information content (AvgIpc) is 2.41. The van der Waals surface area contributed by atoms with Crippen LogP contribution < -0.4 is 15.8 Å². The van der Waals surface area contributed by atoms with Gasteiger partial charge in [-0.15, -0.1) is 10.2 Å². The molecule has 2 rings (SSSR count). The Hall–Kier alpha value is -2.34. The van der Waals surface area contributed by atoms with Gasteiger partial charge in [0.2, 0.25) is 0 Å². The number of nitrogens with zero attached hydrogens (tertiary/aromatic N) is 2. The number of nitrogen functional groups attached to an aromatic ring is 1. The summed E-state index contributed by atoms with van der Waals surface area (Å²) < 4.78 is 5.34. The maximum Gasteiger partial charge on any atom is 0.257 e. The van der Waals surface area contributed by atoms with Gasteiger partial charge >= 0.3 is 0 Å². The molecule has 3 N–H and O–H groups in total. The second-order valence-corrected chi connectivity index (χ2v) is 4.31. The van der Waals surface area contributed by atoms with Crippen LogP contribution in [0.5, 0.6) is 5.75 Å². The number of ether oxygens (including phenoxy) is 1. The molecular formula is C13H13ClN4O2. The summed E-state index contributed by atoms with van der Waals surface area (Å²) in [6.45, 7) is 2.35. The third-order valence-corrected chi connectivity index (χ3v) is 2.58. The fourth-order valence-corrected chi connectivity index (χ4v) is 1.68. The monoisotopic (exact) mass is 292 g/mol. The van der Waals surface area contributed by atoms with E-state index in [-0.39, 0.29) is 11.1 Å². The van der Waals surface area contributed by atoms with Gasteiger partial charge in [-0.25, -0.2) is 0 Å². The minimum absolute atomic E-state index is 0.255. The number of halogens is 1. The van der Waals surface area contributed by atoms with Crippen molar-refractivity contribution in [3.05, 3.63) is 41.0 Å². The molecule has 7 heteroatoms. The molecule has 0 fully saturated rings. The molecule has 6 nitrogen and oxygen atoms in total. The van der Waals surface area contributed by atoms with E-state index >= 15 is 0 Å². The molecule has 0 radical (unpaired) electrons. The van der Waals surface area contributed by atoms with E-state index in [9.17, 15) is 4.79 Å². The van der Waals surface area contributed by atoms with E-state index in [1.54, 1.807) is 24.3 Å². The third kappa shape index (κ3) is 3.58. The number of anilines is 2. The van der Waals surface area contributed by atoms with E-state index in [4.69, 9.17) is 22.1 Å². The van der Waals surface area contributed by atoms with E-state index in [2.05, 4.69) is 15.5 Å². The number of hydrogen-bond donors (Lipinski definition) is 2. The van der Waals surface area contributed by atoms with E-state index in [0.29, 0.717) is 29.4 Å². The summed E-state index contributed by atoms with van der Waals surface area (Å²) in [7, 11) is 0. The van der Waals surface area contributed by atoms with Crippen molar-refractivity contribution < 1.29 is 9.53 Å². The summed E-state index contributed by atoms with van der Waals surface area (Å²) in [5, 5.41) is 10.2. The molecule has 0 saturated heterocycles. The Morgan fingerprint density at radius 2 is 2.15 bits per heavy atom. The fraction of sp³-hybridized carbons (Fsp3) is 0.154. The largest absolute Gasteiger partial charge is 0.494 e. The quantitative estimate of drug-likeness (QED) is 0.844. The normalized spacial score (nSPS) is 10.1. The van der Waals surface area contributed by atoms with Crippen LogP contribution in [-0.4, -0.2) is 22.7 Å². The lowest BCUT2D eigenvalue weighted by Gasteiger charge is -2.08. The van der Waals surface area contributed by atoms with Crippen molar-refractivity contribution in [2.45, 2.75) is 6.92 Å². The molecule has 1 aromatic carbocycles. The first-order valence-corrected chi connectivity index (χ1v) is 6.30. The Labute approximate surface area is 120 Å². The molecule has 0 aliphatic carbocycles. The van der Waals surface area contributed by atoms with Crippen molar-refractivity contribution in [2.24, 2.45) is 0 Å². The number of hydrogen-bond acceptors (Lipinski definition) is 5. The zero-order chi connectivity index (χ0) is 14.5. The van der Waals surface area contributed by atoms with Crippen LogP contribution in [0.4, 0.5) is 11.5 Å². The first kappa shape index (κ1) is 14.1. The smallest absolute Gasteiger partial charge is 0.257 e. The van der Waals surface area contributed by atoms with Crippen molar-refractivity contribution in [3.63, 3.8) is 0 Å². The maximum atomic E-state index is 12.1. The number of nitrogens with two attached hydrogens (primary N) is 1. The van der Waals surface area contributed by atoms with Crippen molar-refractivity contribution in [2.75, 3.05) is 17.7 Å². The molecule has 1 heterocycles. The third-order valence-electron chi connectivity index (χ3n) is 2.38. The van der Waals surface area contributed by atoms with Crippen molar-refractivity contribution in [3.8, 4) is 5.75 Å². The molecular weight excluding hydrogens is 280 g/mol. The number of amides is 1. The van der Waals surface area contributed by atoms with Crippen LogP contribution in [0.1, 0.15) is 17.3 Å². The van der Waals surface area contributed by atoms with Crippen LogP contribution >= 0.6 is 11.6 Å². The first-order valence-electron chi connectivity index (χ1n) is 5.92. The van der Waals surface area contributed by atoms with Gasteiger partial charge in [-0.3, -0.25) is 4.79 Å². The van der Waals surface area contributed by atoms with Crippen LogP contribution in [0.3, 0.4) is 0 Å². The highest BCUT2D eigenvalue weighted by molar-refractivity contribution is 6.29. The first-order chi connectivity index (χ1) is 9.58. The minimum Gasteiger partial charge on any atom is -0.494 e. The van der Waals surface area contributed by atoms with Gasteiger partial charge in [0.25, 0.3) is 5.91 Å². The highest BCUT2D eigenvalue weighted by atomic mass is 35.5. The Morgan fingerprint density at radius 1 is 1.35 bits per heavy atom. The van der Waals surface area contributed by atoms with Crippen LogP contribution in [0.2, 0.25) is 5.15 Å². The zero-order valence-electron chi connectivity index (χ0n) is 10.8. The number of nitrogens with one attached hydrogen (secondary N) is 1. The molecule has 20 heavy (non-hydrogen) atoms. The number of benzene rings is 1. The predicted molar refractivity (Wildman–Crippen MR) is 77.0 cm³/mol. The Bertz CT molecular complexity index is 616. The van der Waals surface area contributed by atoms with Gasteiger partial charge in [-0.05, 0) is 31.2 Å². The van der Waals surface area contributed by atoms with E-state index in [1.807, 2.05) is 6.92 Å². The van der Waals surface area contributed by atoms with E-state index in [0.717, 1.165) is 0 Å². The Balaban J connectivity index is 2.18.